The van der Waals surface area contributed by atoms with Crippen molar-refractivity contribution in [1.29, 1.82) is 0 Å². The summed E-state index contributed by atoms with van der Waals surface area (Å²) in [5, 5.41) is 9.85. The molecule has 0 bridgehead atoms. The van der Waals surface area contributed by atoms with Crippen molar-refractivity contribution in [1.82, 2.24) is 9.38 Å². The van der Waals surface area contributed by atoms with E-state index in [4.69, 9.17) is 21.1 Å². The molecule has 3 rings (SSSR count). The highest BCUT2D eigenvalue weighted by Crippen LogP contribution is 2.25. The number of carbonyl (C=O) groups is 1. The van der Waals surface area contributed by atoms with Crippen LogP contribution in [0.4, 0.5) is 0 Å². The summed E-state index contributed by atoms with van der Waals surface area (Å²) in [7, 11) is 1.55. The number of halogens is 1. The summed E-state index contributed by atoms with van der Waals surface area (Å²) in [6.45, 7) is 0.219. The van der Waals surface area contributed by atoms with Crippen LogP contribution in [-0.4, -0.2) is 27.6 Å². The third kappa shape index (κ3) is 3.07. The average Bonchev–Trinajstić information content (AvgIpc) is 3.00. The third-order valence-corrected chi connectivity index (χ3v) is 3.58. The molecule has 118 valence electrons. The van der Waals surface area contributed by atoms with Crippen LogP contribution < -0.4 is 9.47 Å². The molecule has 0 spiro atoms. The molecule has 0 aliphatic rings. The number of aromatic carboxylic acids is 1. The van der Waals surface area contributed by atoms with Crippen LogP contribution in [0.3, 0.4) is 0 Å². The van der Waals surface area contributed by atoms with Crippen LogP contribution in [0.1, 0.15) is 16.1 Å². The van der Waals surface area contributed by atoms with Crippen LogP contribution in [0.2, 0.25) is 5.02 Å². The minimum atomic E-state index is -1.05. The van der Waals surface area contributed by atoms with Crippen molar-refractivity contribution >= 4 is 23.2 Å². The van der Waals surface area contributed by atoms with E-state index in [1.54, 1.807) is 37.6 Å². The molecule has 1 aromatic carbocycles. The topological polar surface area (TPSA) is 73.1 Å². The highest BCUT2D eigenvalue weighted by Gasteiger charge is 2.12. The van der Waals surface area contributed by atoms with Gasteiger partial charge in [-0.05, 0) is 12.1 Å². The Morgan fingerprint density at radius 2 is 2.17 bits per heavy atom. The molecular weight excluding hydrogens is 320 g/mol. The predicted molar refractivity (Wildman–Crippen MR) is 84.5 cm³/mol. The Morgan fingerprint density at radius 3 is 2.91 bits per heavy atom. The Kier molecular flexibility index (Phi) is 4.08. The van der Waals surface area contributed by atoms with Crippen LogP contribution in [0.25, 0.3) is 5.65 Å². The number of hydrogen-bond acceptors (Lipinski definition) is 4. The second kappa shape index (κ2) is 6.18. The van der Waals surface area contributed by atoms with Gasteiger partial charge < -0.3 is 14.6 Å². The maximum atomic E-state index is 11.3. The van der Waals surface area contributed by atoms with Crippen molar-refractivity contribution in [2.75, 3.05) is 7.11 Å². The number of carboxylic acids is 1. The number of fused-ring (bicyclic) bond motifs is 1. The second-order valence-electron chi connectivity index (χ2n) is 4.78. The van der Waals surface area contributed by atoms with Crippen molar-refractivity contribution in [3.63, 3.8) is 0 Å². The fraction of sp³-hybridized carbons (Fsp3) is 0.125. The fourth-order valence-electron chi connectivity index (χ4n) is 2.25. The van der Waals surface area contributed by atoms with Gasteiger partial charge in [0.05, 0.1) is 7.11 Å². The number of methoxy groups -OCH3 is 1. The Morgan fingerprint density at radius 1 is 1.35 bits per heavy atom. The van der Waals surface area contributed by atoms with Crippen LogP contribution in [0, 0.1) is 0 Å². The number of pyridine rings is 1. The molecule has 0 aliphatic carbocycles. The van der Waals surface area contributed by atoms with Crippen molar-refractivity contribution < 1.29 is 19.4 Å². The van der Waals surface area contributed by atoms with Crippen molar-refractivity contribution in [2.45, 2.75) is 6.61 Å². The number of rotatable bonds is 5. The number of aromatic nitrogens is 2. The largest absolute Gasteiger partial charge is 0.496 e. The van der Waals surface area contributed by atoms with Gasteiger partial charge in [-0.25, -0.2) is 9.78 Å². The number of carboxylic acid groups (broad SMARTS) is 1. The molecule has 2 heterocycles. The summed E-state index contributed by atoms with van der Waals surface area (Å²) in [5.74, 6) is -0.0292. The lowest BCUT2D eigenvalue weighted by Gasteiger charge is -2.11. The SMILES string of the molecule is COc1cc(Cl)ccc1COc1cc(C(=O)O)n2ccnc2c1. The van der Waals surface area contributed by atoms with Crippen LogP contribution in [0.15, 0.2) is 42.7 Å². The monoisotopic (exact) mass is 332 g/mol. The number of benzene rings is 1. The zero-order chi connectivity index (χ0) is 16.4. The first-order chi connectivity index (χ1) is 11.1. The summed E-state index contributed by atoms with van der Waals surface area (Å²) >= 11 is 5.92. The smallest absolute Gasteiger partial charge is 0.353 e. The van der Waals surface area contributed by atoms with E-state index in [1.165, 1.54) is 16.7 Å². The van der Waals surface area contributed by atoms with Gasteiger partial charge in [0, 0.05) is 35.1 Å². The summed E-state index contributed by atoms with van der Waals surface area (Å²) in [5.41, 5.74) is 1.39. The van der Waals surface area contributed by atoms with Crippen LogP contribution in [-0.2, 0) is 6.61 Å². The average molecular weight is 333 g/mol. The molecule has 0 unspecified atom stereocenters. The predicted octanol–water partition coefficient (Wildman–Crippen LogP) is 3.27. The van der Waals surface area contributed by atoms with Crippen molar-refractivity contribution in [3.8, 4) is 11.5 Å². The van der Waals surface area contributed by atoms with E-state index in [1.807, 2.05) is 0 Å². The Balaban J connectivity index is 1.89. The standard InChI is InChI=1S/C16H13ClN2O4/c1-22-14-6-11(17)3-2-10(14)9-23-12-7-13(16(20)21)19-5-4-18-15(19)8-12/h2-8H,9H2,1H3,(H,20,21). The second-order valence-corrected chi connectivity index (χ2v) is 5.22. The Hall–Kier alpha value is -2.73. The van der Waals surface area contributed by atoms with Gasteiger partial charge in [-0.2, -0.15) is 0 Å². The Labute approximate surface area is 136 Å². The van der Waals surface area contributed by atoms with Gasteiger partial charge in [0.15, 0.2) is 0 Å². The molecular formula is C16H13ClN2O4. The van der Waals surface area contributed by atoms with Gasteiger partial charge in [-0.15, -0.1) is 0 Å². The first kappa shape index (κ1) is 15.2. The van der Waals surface area contributed by atoms with E-state index in [-0.39, 0.29) is 12.3 Å². The molecule has 7 heteroatoms. The normalized spacial score (nSPS) is 10.7. The van der Waals surface area contributed by atoms with E-state index in [0.717, 1.165) is 5.56 Å². The van der Waals surface area contributed by atoms with Gasteiger partial charge in [-0.3, -0.25) is 4.40 Å². The highest BCUT2D eigenvalue weighted by molar-refractivity contribution is 6.30. The molecule has 0 radical (unpaired) electrons. The lowest BCUT2D eigenvalue weighted by molar-refractivity contribution is 0.0688. The molecule has 0 fully saturated rings. The van der Waals surface area contributed by atoms with E-state index in [2.05, 4.69) is 4.98 Å². The summed E-state index contributed by atoms with van der Waals surface area (Å²) < 4.78 is 12.4. The maximum Gasteiger partial charge on any atom is 0.353 e. The fourth-order valence-corrected chi connectivity index (χ4v) is 2.41. The minimum Gasteiger partial charge on any atom is -0.496 e. The van der Waals surface area contributed by atoms with E-state index in [9.17, 15) is 9.90 Å². The van der Waals surface area contributed by atoms with E-state index in [0.29, 0.717) is 22.2 Å². The molecule has 0 saturated heterocycles. The third-order valence-electron chi connectivity index (χ3n) is 3.34. The molecule has 6 nitrogen and oxygen atoms in total. The number of ether oxygens (including phenoxy) is 2. The summed E-state index contributed by atoms with van der Waals surface area (Å²) in [4.78, 5) is 15.4. The molecule has 0 atom stereocenters. The Bertz CT molecular complexity index is 876. The zero-order valence-corrected chi connectivity index (χ0v) is 12.9. The molecule has 0 aliphatic heterocycles. The molecule has 23 heavy (non-hydrogen) atoms. The van der Waals surface area contributed by atoms with Gasteiger partial charge in [0.2, 0.25) is 0 Å². The van der Waals surface area contributed by atoms with E-state index < -0.39 is 5.97 Å². The minimum absolute atomic E-state index is 0.0815. The first-order valence-corrected chi connectivity index (χ1v) is 7.12. The molecule has 2 aromatic heterocycles. The molecule has 0 amide bonds. The van der Waals surface area contributed by atoms with Gasteiger partial charge in [0.25, 0.3) is 0 Å². The lowest BCUT2D eigenvalue weighted by Crippen LogP contribution is -2.06. The zero-order valence-electron chi connectivity index (χ0n) is 12.2. The summed E-state index contributed by atoms with van der Waals surface area (Å²) in [6, 6.07) is 8.37. The molecule has 0 saturated carbocycles. The maximum absolute atomic E-state index is 11.3. The van der Waals surface area contributed by atoms with Crippen LogP contribution in [0.5, 0.6) is 11.5 Å². The van der Waals surface area contributed by atoms with Gasteiger partial charge in [-0.1, -0.05) is 17.7 Å². The van der Waals surface area contributed by atoms with Gasteiger partial charge >= 0.3 is 5.97 Å². The highest BCUT2D eigenvalue weighted by atomic mass is 35.5. The molecule has 1 N–H and O–H groups in total. The van der Waals surface area contributed by atoms with Crippen molar-refractivity contribution in [2.24, 2.45) is 0 Å². The lowest BCUT2D eigenvalue weighted by atomic mass is 10.2. The summed E-state index contributed by atoms with van der Waals surface area (Å²) in [6.07, 6.45) is 3.12. The van der Waals surface area contributed by atoms with Crippen molar-refractivity contribution in [3.05, 3.63) is 59.0 Å². The quantitative estimate of drug-likeness (QED) is 0.776. The van der Waals surface area contributed by atoms with Crippen LogP contribution >= 0.6 is 11.6 Å². The van der Waals surface area contributed by atoms with E-state index >= 15 is 0 Å². The number of imidazole rings is 1. The number of hydrogen-bond donors (Lipinski definition) is 1. The first-order valence-electron chi connectivity index (χ1n) is 6.74. The number of nitrogens with zero attached hydrogens (tertiary/aromatic N) is 2. The van der Waals surface area contributed by atoms with Gasteiger partial charge in [0.1, 0.15) is 29.4 Å². The molecule has 3 aromatic rings.